The lowest BCUT2D eigenvalue weighted by Crippen LogP contribution is -2.48. The molecule has 0 bridgehead atoms. The molecule has 5 heterocycles. The number of hydrogen-bond donors (Lipinski definition) is 0. The largest absolute Gasteiger partial charge is 0.338 e. The molecule has 0 spiro atoms. The molecule has 0 saturated carbocycles. The van der Waals surface area contributed by atoms with E-state index in [-0.39, 0.29) is 23.9 Å². The Labute approximate surface area is 241 Å². The van der Waals surface area contributed by atoms with Crippen LogP contribution in [0.2, 0.25) is 0 Å². The van der Waals surface area contributed by atoms with Crippen molar-refractivity contribution in [2.75, 3.05) is 19.6 Å². The summed E-state index contributed by atoms with van der Waals surface area (Å²) in [6.07, 6.45) is 4.16. The molecule has 2 aliphatic heterocycles. The van der Waals surface area contributed by atoms with Crippen molar-refractivity contribution in [3.63, 3.8) is 0 Å². The number of amides is 2. The topological polar surface area (TPSA) is 76.3 Å². The number of likely N-dealkylation sites (tertiary alicyclic amines) is 2. The molecule has 2 fully saturated rings. The molecule has 3 aromatic heterocycles. The number of benzene rings is 1. The van der Waals surface area contributed by atoms with E-state index in [1.807, 2.05) is 51.9 Å². The molecule has 196 valence electrons. The third-order valence-corrected chi connectivity index (χ3v) is 10.7. The summed E-state index contributed by atoms with van der Waals surface area (Å²) in [5, 5.41) is 8.72. The number of hydrogen-bond acceptors (Lipinski definition) is 5. The number of piperidine rings is 1. The van der Waals surface area contributed by atoms with Gasteiger partial charge in [0.2, 0.25) is 5.91 Å². The number of carbonyl (C=O) groups excluding carboxylic acids is 2. The summed E-state index contributed by atoms with van der Waals surface area (Å²) >= 11 is 8.64. The van der Waals surface area contributed by atoms with Crippen molar-refractivity contribution in [1.29, 1.82) is 0 Å². The molecule has 38 heavy (non-hydrogen) atoms. The van der Waals surface area contributed by atoms with E-state index in [2.05, 4.69) is 66.4 Å². The average molecular weight is 658 g/mol. The fourth-order valence-corrected chi connectivity index (χ4v) is 7.11. The van der Waals surface area contributed by atoms with Gasteiger partial charge in [-0.3, -0.25) is 9.59 Å². The zero-order valence-electron chi connectivity index (χ0n) is 20.8. The van der Waals surface area contributed by atoms with Crippen LogP contribution in [0.5, 0.6) is 0 Å². The highest BCUT2D eigenvalue weighted by atomic mass is 79.9. The van der Waals surface area contributed by atoms with E-state index in [1.54, 1.807) is 16.0 Å². The van der Waals surface area contributed by atoms with Crippen LogP contribution in [0.15, 0.2) is 63.8 Å². The normalized spacial score (nSPS) is 18.5. The number of carbonyl (C=O) groups is 2. The molecule has 1 atom stereocenters. The van der Waals surface area contributed by atoms with Gasteiger partial charge in [0.1, 0.15) is 17.4 Å². The molecule has 0 radical (unpaired) electrons. The minimum absolute atomic E-state index is 0.0159. The molecule has 8 nitrogen and oxygen atoms in total. The first kappa shape index (κ1) is 25.5. The van der Waals surface area contributed by atoms with Gasteiger partial charge in [0.25, 0.3) is 5.91 Å². The van der Waals surface area contributed by atoms with E-state index in [9.17, 15) is 9.59 Å². The van der Waals surface area contributed by atoms with Crippen LogP contribution in [0.4, 0.5) is 0 Å². The predicted molar refractivity (Wildman–Crippen MR) is 154 cm³/mol. The molecule has 2 saturated heterocycles. The van der Waals surface area contributed by atoms with Crippen LogP contribution in [0, 0.1) is 0 Å². The van der Waals surface area contributed by atoms with Crippen molar-refractivity contribution in [3.8, 4) is 21.0 Å². The first-order chi connectivity index (χ1) is 18.4. The van der Waals surface area contributed by atoms with Gasteiger partial charge in [0, 0.05) is 37.6 Å². The monoisotopic (exact) mass is 656 g/mol. The Bertz CT molecular complexity index is 1490. The summed E-state index contributed by atoms with van der Waals surface area (Å²) in [6, 6.07) is 16.1. The number of nitrogens with zero attached hydrogens (tertiary/aromatic N) is 6. The average Bonchev–Trinajstić information content (AvgIpc) is 3.74. The fourth-order valence-electron chi connectivity index (χ4n) is 5.36. The quantitative estimate of drug-likeness (QED) is 0.279. The molecule has 4 aromatic rings. The van der Waals surface area contributed by atoms with Crippen molar-refractivity contribution in [2.45, 2.75) is 31.3 Å². The van der Waals surface area contributed by atoms with Crippen LogP contribution >= 0.6 is 43.2 Å². The first-order valence-corrected chi connectivity index (χ1v) is 15.0. The highest BCUT2D eigenvalue weighted by Gasteiger charge is 2.39. The van der Waals surface area contributed by atoms with Crippen molar-refractivity contribution in [1.82, 2.24) is 29.4 Å². The van der Waals surface area contributed by atoms with Gasteiger partial charge in [-0.05, 0) is 74.9 Å². The fraction of sp³-hybridized carbons (Fsp3) is 0.333. The highest BCUT2D eigenvalue weighted by molar-refractivity contribution is 9.13. The van der Waals surface area contributed by atoms with E-state index < -0.39 is 0 Å². The Kier molecular flexibility index (Phi) is 7.00. The van der Waals surface area contributed by atoms with Crippen molar-refractivity contribution < 1.29 is 9.59 Å². The number of halogens is 2. The Morgan fingerprint density at radius 2 is 1.74 bits per heavy atom. The minimum Gasteiger partial charge on any atom is -0.338 e. The van der Waals surface area contributed by atoms with E-state index in [1.165, 1.54) is 10.4 Å². The lowest BCUT2D eigenvalue weighted by atomic mass is 10.0. The standard InChI is InChI=1S/C27H26Br2N6O2S/c1-32-22(15-19(28)25(32)29)26(36)33-12-9-18(10-13-33)34-14-11-21(27(34)37)35-16-20(30-31-35)24-8-7-23(38-24)17-5-3-2-4-6-17/h2-8,15-16,18,21H,9-14H2,1H3. The molecule has 1 unspecified atom stereocenters. The van der Waals surface area contributed by atoms with Gasteiger partial charge < -0.3 is 14.4 Å². The number of aromatic nitrogens is 4. The smallest absolute Gasteiger partial charge is 0.270 e. The second-order valence-corrected chi connectivity index (χ2v) is 12.4. The summed E-state index contributed by atoms with van der Waals surface area (Å²) in [6.45, 7) is 1.97. The van der Waals surface area contributed by atoms with E-state index in [0.29, 0.717) is 31.7 Å². The molecular weight excluding hydrogens is 632 g/mol. The van der Waals surface area contributed by atoms with Crippen LogP contribution in [0.25, 0.3) is 21.0 Å². The van der Waals surface area contributed by atoms with E-state index >= 15 is 0 Å². The SMILES string of the molecule is Cn1c(C(=O)N2CCC(N3CCC(n4cc(-c5ccc(-c6ccccc6)s5)nn4)C3=O)CC2)cc(Br)c1Br. The Morgan fingerprint density at radius 1 is 1.00 bits per heavy atom. The van der Waals surface area contributed by atoms with Gasteiger partial charge in [0.15, 0.2) is 0 Å². The van der Waals surface area contributed by atoms with Gasteiger partial charge in [-0.25, -0.2) is 4.68 Å². The molecular formula is C27H26Br2N6O2S. The second kappa shape index (κ2) is 10.4. The Balaban J connectivity index is 1.09. The Hall–Kier alpha value is -2.76. The Morgan fingerprint density at radius 3 is 2.45 bits per heavy atom. The molecule has 0 aliphatic carbocycles. The second-order valence-electron chi connectivity index (χ2n) is 9.70. The maximum absolute atomic E-state index is 13.4. The van der Waals surface area contributed by atoms with Crippen LogP contribution in [0.1, 0.15) is 35.8 Å². The molecule has 2 amide bonds. The lowest BCUT2D eigenvalue weighted by Gasteiger charge is -2.36. The molecule has 0 N–H and O–H groups in total. The van der Waals surface area contributed by atoms with Crippen LogP contribution in [-0.4, -0.2) is 66.9 Å². The number of rotatable bonds is 5. The molecule has 6 rings (SSSR count). The molecule has 2 aliphatic rings. The highest BCUT2D eigenvalue weighted by Crippen LogP contribution is 2.35. The summed E-state index contributed by atoms with van der Waals surface area (Å²) < 4.78 is 5.27. The lowest BCUT2D eigenvalue weighted by molar-refractivity contribution is -0.133. The van der Waals surface area contributed by atoms with Gasteiger partial charge >= 0.3 is 0 Å². The van der Waals surface area contributed by atoms with Crippen molar-refractivity contribution in [3.05, 3.63) is 69.5 Å². The van der Waals surface area contributed by atoms with Crippen LogP contribution in [0.3, 0.4) is 0 Å². The maximum Gasteiger partial charge on any atom is 0.270 e. The first-order valence-electron chi connectivity index (χ1n) is 12.6. The molecule has 11 heteroatoms. The number of thiophene rings is 1. The van der Waals surface area contributed by atoms with Crippen LogP contribution in [-0.2, 0) is 11.8 Å². The van der Waals surface area contributed by atoms with Crippen molar-refractivity contribution in [2.24, 2.45) is 7.05 Å². The summed E-state index contributed by atoms with van der Waals surface area (Å²) in [4.78, 5) is 32.6. The minimum atomic E-state index is -0.331. The summed E-state index contributed by atoms with van der Waals surface area (Å²) in [5.74, 6) is 0.111. The van der Waals surface area contributed by atoms with Crippen LogP contribution < -0.4 is 0 Å². The van der Waals surface area contributed by atoms with Gasteiger partial charge in [-0.15, -0.1) is 16.4 Å². The third kappa shape index (κ3) is 4.65. The molecule has 1 aromatic carbocycles. The van der Waals surface area contributed by atoms with Gasteiger partial charge in [-0.1, -0.05) is 35.5 Å². The van der Waals surface area contributed by atoms with E-state index in [4.69, 9.17) is 0 Å². The van der Waals surface area contributed by atoms with Gasteiger partial charge in [0.05, 0.1) is 20.1 Å². The maximum atomic E-state index is 13.4. The van der Waals surface area contributed by atoms with Crippen molar-refractivity contribution >= 4 is 55.0 Å². The predicted octanol–water partition coefficient (Wildman–Crippen LogP) is 5.62. The van der Waals surface area contributed by atoms with Gasteiger partial charge in [-0.2, -0.15) is 0 Å². The third-order valence-electron chi connectivity index (χ3n) is 7.49. The zero-order valence-corrected chi connectivity index (χ0v) is 24.7. The zero-order chi connectivity index (χ0) is 26.4. The summed E-state index contributed by atoms with van der Waals surface area (Å²) in [7, 11) is 1.87. The van der Waals surface area contributed by atoms with E-state index in [0.717, 1.165) is 32.5 Å². The summed E-state index contributed by atoms with van der Waals surface area (Å²) in [5.41, 5.74) is 2.60.